The quantitative estimate of drug-likeness (QED) is 0.582. The molecule has 0 heteroatoms. The normalized spacial score (nSPS) is 33.5. The topological polar surface area (TPSA) is 0 Å². The molecule has 2 atom stereocenters. The van der Waals surface area contributed by atoms with E-state index in [2.05, 4.69) is 38.2 Å². The minimum Gasteiger partial charge on any atom is -0.0804 e. The molecular formula is C15H22. The van der Waals surface area contributed by atoms with E-state index in [9.17, 15) is 0 Å². The van der Waals surface area contributed by atoms with Gasteiger partial charge in [0.1, 0.15) is 0 Å². The van der Waals surface area contributed by atoms with Crippen molar-refractivity contribution < 1.29 is 0 Å². The lowest BCUT2D eigenvalue weighted by Crippen LogP contribution is -1.97. The van der Waals surface area contributed by atoms with E-state index in [0.717, 1.165) is 11.8 Å². The first-order valence-corrected chi connectivity index (χ1v) is 6.45. The summed E-state index contributed by atoms with van der Waals surface area (Å²) in [6.07, 6.45) is 16.2. The van der Waals surface area contributed by atoms with Crippen LogP contribution in [0.15, 0.2) is 35.5 Å². The molecule has 0 aromatic carbocycles. The van der Waals surface area contributed by atoms with Gasteiger partial charge in [-0.2, -0.15) is 0 Å². The summed E-state index contributed by atoms with van der Waals surface area (Å²) in [5.74, 6) is 1.51. The Hall–Kier alpha value is -0.780. The molecule has 2 unspecified atom stereocenters. The van der Waals surface area contributed by atoms with Crippen LogP contribution in [0.4, 0.5) is 0 Å². The van der Waals surface area contributed by atoms with Crippen molar-refractivity contribution >= 4 is 0 Å². The van der Waals surface area contributed by atoms with Gasteiger partial charge in [-0.15, -0.1) is 0 Å². The Morgan fingerprint density at radius 3 is 1.87 bits per heavy atom. The third-order valence-corrected chi connectivity index (χ3v) is 3.52. The maximum atomic E-state index is 2.48. The Bertz CT molecular complexity index is 274. The van der Waals surface area contributed by atoms with E-state index in [1.165, 1.54) is 32.1 Å². The molecule has 2 bridgehead atoms. The molecule has 2 aliphatic rings. The number of hydrogen-bond donors (Lipinski definition) is 0. The number of hydrogen-bond acceptors (Lipinski definition) is 0. The van der Waals surface area contributed by atoms with E-state index in [-0.39, 0.29) is 0 Å². The first-order valence-electron chi connectivity index (χ1n) is 6.45. The predicted molar refractivity (Wildman–Crippen MR) is 66.7 cm³/mol. The SMILES string of the molecule is CCCC=C1C(=CCCC)C2C=CC1C2. The van der Waals surface area contributed by atoms with E-state index in [0.29, 0.717) is 0 Å². The highest BCUT2D eigenvalue weighted by Crippen LogP contribution is 2.47. The Labute approximate surface area is 93.8 Å². The molecule has 1 fully saturated rings. The van der Waals surface area contributed by atoms with Crippen molar-refractivity contribution in [1.82, 2.24) is 0 Å². The molecule has 0 aromatic heterocycles. The van der Waals surface area contributed by atoms with Crippen molar-refractivity contribution in [3.8, 4) is 0 Å². The van der Waals surface area contributed by atoms with Crippen LogP contribution in [0.2, 0.25) is 0 Å². The highest BCUT2D eigenvalue weighted by Gasteiger charge is 2.34. The van der Waals surface area contributed by atoms with Gasteiger partial charge in [0.15, 0.2) is 0 Å². The van der Waals surface area contributed by atoms with Crippen molar-refractivity contribution in [2.45, 2.75) is 46.0 Å². The Morgan fingerprint density at radius 1 is 1.00 bits per heavy atom. The summed E-state index contributed by atoms with van der Waals surface area (Å²) in [4.78, 5) is 0. The molecule has 2 aliphatic carbocycles. The average molecular weight is 202 g/mol. The highest BCUT2D eigenvalue weighted by atomic mass is 14.4. The van der Waals surface area contributed by atoms with Crippen LogP contribution >= 0.6 is 0 Å². The van der Waals surface area contributed by atoms with Crippen LogP contribution in [0.5, 0.6) is 0 Å². The summed E-state index contributed by atoms with van der Waals surface area (Å²) in [7, 11) is 0. The van der Waals surface area contributed by atoms with Gasteiger partial charge in [-0.3, -0.25) is 0 Å². The molecule has 15 heavy (non-hydrogen) atoms. The monoisotopic (exact) mass is 202 g/mol. The molecule has 0 nitrogen and oxygen atoms in total. The third-order valence-electron chi connectivity index (χ3n) is 3.52. The fraction of sp³-hybridized carbons (Fsp3) is 0.600. The molecule has 0 amide bonds. The van der Waals surface area contributed by atoms with Gasteiger partial charge in [0.05, 0.1) is 0 Å². The van der Waals surface area contributed by atoms with E-state index in [1.807, 2.05) is 0 Å². The van der Waals surface area contributed by atoms with Crippen LogP contribution < -0.4 is 0 Å². The fourth-order valence-corrected chi connectivity index (χ4v) is 2.73. The highest BCUT2D eigenvalue weighted by molar-refractivity contribution is 5.48. The second-order valence-electron chi connectivity index (χ2n) is 4.73. The predicted octanol–water partition coefficient (Wildman–Crippen LogP) is 4.65. The smallest absolute Gasteiger partial charge is 0.00266 e. The Balaban J connectivity index is 2.17. The zero-order chi connectivity index (χ0) is 10.7. The number of rotatable bonds is 4. The summed E-state index contributed by atoms with van der Waals surface area (Å²) >= 11 is 0. The van der Waals surface area contributed by atoms with Crippen LogP contribution in [-0.4, -0.2) is 0 Å². The van der Waals surface area contributed by atoms with E-state index in [4.69, 9.17) is 0 Å². The first kappa shape index (κ1) is 10.7. The summed E-state index contributed by atoms with van der Waals surface area (Å²) in [6.45, 7) is 4.52. The number of allylic oxidation sites excluding steroid dienone is 6. The first-order chi connectivity index (χ1) is 7.36. The minimum absolute atomic E-state index is 0.754. The van der Waals surface area contributed by atoms with Gasteiger partial charge in [-0.05, 0) is 30.4 Å². The number of fused-ring (bicyclic) bond motifs is 2. The van der Waals surface area contributed by atoms with Crippen molar-refractivity contribution in [3.63, 3.8) is 0 Å². The van der Waals surface area contributed by atoms with Gasteiger partial charge < -0.3 is 0 Å². The Morgan fingerprint density at radius 2 is 1.47 bits per heavy atom. The van der Waals surface area contributed by atoms with E-state index in [1.54, 1.807) is 11.1 Å². The third kappa shape index (κ3) is 2.09. The molecule has 2 rings (SSSR count). The van der Waals surface area contributed by atoms with Gasteiger partial charge in [0.25, 0.3) is 0 Å². The molecule has 0 aliphatic heterocycles. The lowest BCUT2D eigenvalue weighted by atomic mass is 9.92. The molecule has 0 aromatic rings. The number of unbranched alkanes of at least 4 members (excludes halogenated alkanes) is 2. The van der Waals surface area contributed by atoms with E-state index < -0.39 is 0 Å². The van der Waals surface area contributed by atoms with Crippen molar-refractivity contribution in [2.75, 3.05) is 0 Å². The van der Waals surface area contributed by atoms with Gasteiger partial charge in [-0.25, -0.2) is 0 Å². The summed E-state index contributed by atoms with van der Waals surface area (Å²) in [5.41, 5.74) is 3.30. The lowest BCUT2D eigenvalue weighted by Gasteiger charge is -2.13. The average Bonchev–Trinajstić information content (AvgIpc) is 2.83. The second kappa shape index (κ2) is 4.83. The van der Waals surface area contributed by atoms with Crippen LogP contribution in [-0.2, 0) is 0 Å². The molecule has 0 heterocycles. The summed E-state index contributed by atoms with van der Waals surface area (Å²) < 4.78 is 0. The van der Waals surface area contributed by atoms with Crippen LogP contribution in [0, 0.1) is 11.8 Å². The maximum absolute atomic E-state index is 2.48. The minimum atomic E-state index is 0.754. The molecule has 0 radical (unpaired) electrons. The van der Waals surface area contributed by atoms with Gasteiger partial charge in [-0.1, -0.05) is 51.0 Å². The fourth-order valence-electron chi connectivity index (χ4n) is 2.73. The van der Waals surface area contributed by atoms with Crippen LogP contribution in [0.25, 0.3) is 0 Å². The standard InChI is InChI=1S/C15H22/c1-3-5-7-14-12-9-10-13(11-12)15(14)8-6-4-2/h7-10,12-13H,3-6,11H2,1-2H3. The molecular weight excluding hydrogens is 180 g/mol. The van der Waals surface area contributed by atoms with Gasteiger partial charge in [0, 0.05) is 11.8 Å². The van der Waals surface area contributed by atoms with Gasteiger partial charge in [0.2, 0.25) is 0 Å². The van der Waals surface area contributed by atoms with E-state index >= 15 is 0 Å². The van der Waals surface area contributed by atoms with Crippen molar-refractivity contribution in [3.05, 3.63) is 35.5 Å². The molecule has 0 saturated heterocycles. The molecule has 1 saturated carbocycles. The zero-order valence-electron chi connectivity index (χ0n) is 10.00. The largest absolute Gasteiger partial charge is 0.0804 e. The van der Waals surface area contributed by atoms with Crippen LogP contribution in [0.3, 0.4) is 0 Å². The lowest BCUT2D eigenvalue weighted by molar-refractivity contribution is 0.732. The van der Waals surface area contributed by atoms with Crippen LogP contribution in [0.1, 0.15) is 46.0 Å². The van der Waals surface area contributed by atoms with Crippen molar-refractivity contribution in [2.24, 2.45) is 11.8 Å². The molecule has 0 N–H and O–H groups in total. The molecule has 82 valence electrons. The zero-order valence-corrected chi connectivity index (χ0v) is 10.00. The Kier molecular flexibility index (Phi) is 3.45. The molecule has 0 spiro atoms. The van der Waals surface area contributed by atoms with Crippen molar-refractivity contribution in [1.29, 1.82) is 0 Å². The summed E-state index contributed by atoms with van der Waals surface area (Å²) in [6, 6.07) is 0. The van der Waals surface area contributed by atoms with Gasteiger partial charge >= 0.3 is 0 Å². The summed E-state index contributed by atoms with van der Waals surface area (Å²) in [5, 5.41) is 0. The second-order valence-corrected chi connectivity index (χ2v) is 4.73. The maximum Gasteiger partial charge on any atom is 0.00266 e.